The summed E-state index contributed by atoms with van der Waals surface area (Å²) in [6.07, 6.45) is 9.64. The first kappa shape index (κ1) is 16.3. The monoisotopic (exact) mass is 307 g/mol. The average molecular weight is 307 g/mol. The van der Waals surface area contributed by atoms with Crippen LogP contribution in [0.1, 0.15) is 58.3 Å². The molecule has 4 nitrogen and oxygen atoms in total. The number of likely N-dealkylation sites (tertiary alicyclic amines) is 1. The molecule has 0 radical (unpaired) electrons. The number of amides is 1. The third kappa shape index (κ3) is 4.23. The Hall–Kier alpha value is -0.610. The number of piperidine rings is 2. The summed E-state index contributed by atoms with van der Waals surface area (Å²) in [4.78, 5) is 15.0. The maximum Gasteiger partial charge on any atom is 0.223 e. The van der Waals surface area contributed by atoms with Crippen molar-refractivity contribution in [3.63, 3.8) is 0 Å². The molecule has 2 N–H and O–H groups in total. The van der Waals surface area contributed by atoms with Gasteiger partial charge >= 0.3 is 0 Å². The largest absolute Gasteiger partial charge is 0.353 e. The number of hydrogen-bond donors (Lipinski definition) is 2. The second kappa shape index (κ2) is 7.78. The van der Waals surface area contributed by atoms with Crippen LogP contribution in [-0.4, -0.2) is 49.1 Å². The fraction of sp³-hybridized carbons (Fsp3) is 0.944. The molecule has 0 atom stereocenters. The zero-order chi connectivity index (χ0) is 15.4. The van der Waals surface area contributed by atoms with Crippen molar-refractivity contribution in [2.75, 3.05) is 26.2 Å². The minimum atomic E-state index is 0.252. The summed E-state index contributed by atoms with van der Waals surface area (Å²) in [5.41, 5.74) is 0. The summed E-state index contributed by atoms with van der Waals surface area (Å²) in [6, 6.07) is 1.21. The van der Waals surface area contributed by atoms with Crippen molar-refractivity contribution in [2.45, 2.75) is 70.4 Å². The molecule has 1 aliphatic carbocycles. The van der Waals surface area contributed by atoms with Crippen LogP contribution >= 0.6 is 0 Å². The Balaban J connectivity index is 1.39. The molecule has 3 rings (SSSR count). The second-order valence-corrected chi connectivity index (χ2v) is 7.76. The van der Waals surface area contributed by atoms with Crippen LogP contribution in [0.3, 0.4) is 0 Å². The molecule has 22 heavy (non-hydrogen) atoms. The first-order valence-electron chi connectivity index (χ1n) is 9.47. The lowest BCUT2D eigenvalue weighted by Crippen LogP contribution is -2.48. The molecule has 2 aliphatic heterocycles. The lowest BCUT2D eigenvalue weighted by atomic mass is 9.87. The quantitative estimate of drug-likeness (QED) is 0.840. The van der Waals surface area contributed by atoms with Gasteiger partial charge in [0.05, 0.1) is 0 Å². The highest BCUT2D eigenvalue weighted by molar-refractivity contribution is 5.79. The summed E-state index contributed by atoms with van der Waals surface area (Å²) in [5.74, 6) is 1.48. The molecular formula is C18H33N3O. The second-order valence-electron chi connectivity index (χ2n) is 7.76. The molecule has 0 aromatic heterocycles. The Morgan fingerprint density at radius 1 is 0.955 bits per heavy atom. The SMILES string of the molecule is CC1CCN(C2CCC(NC(=O)C3CCNCC3)CC2)CC1. The predicted octanol–water partition coefficient (Wildman–Crippen LogP) is 2.15. The molecule has 3 fully saturated rings. The molecule has 1 amide bonds. The van der Waals surface area contributed by atoms with Gasteiger partial charge < -0.3 is 15.5 Å². The van der Waals surface area contributed by atoms with Crippen LogP contribution in [-0.2, 0) is 4.79 Å². The van der Waals surface area contributed by atoms with E-state index in [1.54, 1.807) is 0 Å². The molecule has 3 aliphatic rings. The lowest BCUT2D eigenvalue weighted by Gasteiger charge is -2.40. The highest BCUT2D eigenvalue weighted by Crippen LogP contribution is 2.27. The lowest BCUT2D eigenvalue weighted by molar-refractivity contribution is -0.126. The highest BCUT2D eigenvalue weighted by Gasteiger charge is 2.30. The predicted molar refractivity (Wildman–Crippen MR) is 89.8 cm³/mol. The van der Waals surface area contributed by atoms with Crippen LogP contribution in [0.2, 0.25) is 0 Å². The van der Waals surface area contributed by atoms with Crippen LogP contribution in [0.15, 0.2) is 0 Å². The van der Waals surface area contributed by atoms with E-state index in [4.69, 9.17) is 0 Å². The van der Waals surface area contributed by atoms with E-state index in [1.807, 2.05) is 0 Å². The molecular weight excluding hydrogens is 274 g/mol. The summed E-state index contributed by atoms with van der Waals surface area (Å²) >= 11 is 0. The van der Waals surface area contributed by atoms with Crippen LogP contribution < -0.4 is 10.6 Å². The third-order valence-electron chi connectivity index (χ3n) is 6.09. The van der Waals surface area contributed by atoms with E-state index < -0.39 is 0 Å². The fourth-order valence-corrected chi connectivity index (χ4v) is 4.38. The van der Waals surface area contributed by atoms with Gasteiger partial charge in [-0.25, -0.2) is 0 Å². The molecule has 0 spiro atoms. The van der Waals surface area contributed by atoms with Gasteiger partial charge in [-0.3, -0.25) is 4.79 Å². The minimum absolute atomic E-state index is 0.252. The molecule has 0 bridgehead atoms. The van der Waals surface area contributed by atoms with Crippen LogP contribution in [0.5, 0.6) is 0 Å². The summed E-state index contributed by atoms with van der Waals surface area (Å²) in [5, 5.41) is 6.67. The first-order chi connectivity index (χ1) is 10.7. The van der Waals surface area contributed by atoms with Gasteiger partial charge in [-0.2, -0.15) is 0 Å². The van der Waals surface area contributed by atoms with Crippen molar-refractivity contribution in [1.29, 1.82) is 0 Å². The number of hydrogen-bond acceptors (Lipinski definition) is 3. The van der Waals surface area contributed by atoms with E-state index in [1.165, 1.54) is 51.6 Å². The summed E-state index contributed by atoms with van der Waals surface area (Å²) in [6.45, 7) is 6.96. The smallest absolute Gasteiger partial charge is 0.223 e. The Labute approximate surface area is 135 Å². The zero-order valence-electron chi connectivity index (χ0n) is 14.2. The van der Waals surface area contributed by atoms with Crippen molar-refractivity contribution in [3.05, 3.63) is 0 Å². The number of nitrogens with zero attached hydrogens (tertiary/aromatic N) is 1. The number of rotatable bonds is 3. The maximum atomic E-state index is 12.3. The molecule has 2 heterocycles. The normalized spacial score (nSPS) is 32.8. The van der Waals surface area contributed by atoms with Gasteiger partial charge in [0.15, 0.2) is 0 Å². The van der Waals surface area contributed by atoms with Gasteiger partial charge in [-0.1, -0.05) is 6.92 Å². The first-order valence-corrected chi connectivity index (χ1v) is 9.47. The number of carbonyl (C=O) groups excluding carboxylic acids is 1. The minimum Gasteiger partial charge on any atom is -0.353 e. The van der Waals surface area contributed by atoms with E-state index in [2.05, 4.69) is 22.5 Å². The Morgan fingerprint density at radius 2 is 1.59 bits per heavy atom. The Kier molecular flexibility index (Phi) is 5.75. The Bertz CT molecular complexity index is 351. The van der Waals surface area contributed by atoms with Gasteiger partial charge in [0.2, 0.25) is 5.91 Å². The van der Waals surface area contributed by atoms with E-state index in [9.17, 15) is 4.79 Å². The van der Waals surface area contributed by atoms with Gasteiger partial charge in [0.1, 0.15) is 0 Å². The van der Waals surface area contributed by atoms with Gasteiger partial charge in [0.25, 0.3) is 0 Å². The van der Waals surface area contributed by atoms with Crippen LogP contribution in [0.4, 0.5) is 0 Å². The molecule has 126 valence electrons. The summed E-state index contributed by atoms with van der Waals surface area (Å²) in [7, 11) is 0. The van der Waals surface area contributed by atoms with Crippen molar-refractivity contribution in [3.8, 4) is 0 Å². The van der Waals surface area contributed by atoms with Crippen LogP contribution in [0, 0.1) is 11.8 Å². The zero-order valence-corrected chi connectivity index (χ0v) is 14.2. The molecule has 4 heteroatoms. The van der Waals surface area contributed by atoms with Gasteiger partial charge in [-0.05, 0) is 83.5 Å². The van der Waals surface area contributed by atoms with Crippen molar-refractivity contribution in [1.82, 2.24) is 15.5 Å². The molecule has 1 saturated carbocycles. The van der Waals surface area contributed by atoms with Gasteiger partial charge in [0, 0.05) is 18.0 Å². The van der Waals surface area contributed by atoms with E-state index in [-0.39, 0.29) is 5.92 Å². The van der Waals surface area contributed by atoms with Crippen molar-refractivity contribution >= 4 is 5.91 Å². The molecule has 2 saturated heterocycles. The summed E-state index contributed by atoms with van der Waals surface area (Å²) < 4.78 is 0. The fourth-order valence-electron chi connectivity index (χ4n) is 4.38. The van der Waals surface area contributed by atoms with E-state index >= 15 is 0 Å². The highest BCUT2D eigenvalue weighted by atomic mass is 16.1. The molecule has 0 aromatic rings. The van der Waals surface area contributed by atoms with Gasteiger partial charge in [-0.15, -0.1) is 0 Å². The third-order valence-corrected chi connectivity index (χ3v) is 6.09. The maximum absolute atomic E-state index is 12.3. The average Bonchev–Trinajstić information content (AvgIpc) is 2.57. The molecule has 0 aromatic carbocycles. The van der Waals surface area contributed by atoms with Crippen molar-refractivity contribution in [2.24, 2.45) is 11.8 Å². The number of carbonyl (C=O) groups is 1. The Morgan fingerprint density at radius 3 is 2.23 bits per heavy atom. The van der Waals surface area contributed by atoms with Crippen molar-refractivity contribution < 1.29 is 4.79 Å². The van der Waals surface area contributed by atoms with E-state index in [0.29, 0.717) is 11.9 Å². The van der Waals surface area contributed by atoms with Crippen LogP contribution in [0.25, 0.3) is 0 Å². The number of nitrogens with one attached hydrogen (secondary N) is 2. The molecule has 0 unspecified atom stereocenters. The van der Waals surface area contributed by atoms with E-state index in [0.717, 1.165) is 37.9 Å². The topological polar surface area (TPSA) is 44.4 Å². The standard InChI is InChI=1S/C18H33N3O/c1-14-8-12-21(13-9-14)17-4-2-16(3-5-17)20-18(22)15-6-10-19-11-7-15/h14-17,19H,2-13H2,1H3,(H,20,22).